The largest absolute Gasteiger partial charge is 0.494 e. The highest BCUT2D eigenvalue weighted by molar-refractivity contribution is 6.62. The van der Waals surface area contributed by atoms with E-state index in [2.05, 4.69) is 27.7 Å². The van der Waals surface area contributed by atoms with Gasteiger partial charge in [0.25, 0.3) is 0 Å². The van der Waals surface area contributed by atoms with Gasteiger partial charge in [-0.1, -0.05) is 36.7 Å². The molecule has 2 heterocycles. The number of hydrogen-bond acceptors (Lipinski definition) is 3. The van der Waals surface area contributed by atoms with Crippen LogP contribution in [0.5, 0.6) is 0 Å². The number of furan rings is 1. The zero-order valence-electron chi connectivity index (χ0n) is 14.4. The van der Waals surface area contributed by atoms with Crippen LogP contribution in [-0.2, 0) is 9.31 Å². The number of halogens is 1. The molecular formula is C19H20BClO3. The fourth-order valence-electron chi connectivity index (χ4n) is 3.39. The standard InChI is InChI=1S/C19H20BClO3/c1-5-19(4)18(2,3)23-20(24-19)12-9-10-13-16(11-12)22-15-8-6-7-14(21)17(13)15/h6-11H,5H2,1-4H3. The van der Waals surface area contributed by atoms with Gasteiger partial charge in [0, 0.05) is 10.8 Å². The zero-order valence-corrected chi connectivity index (χ0v) is 15.1. The summed E-state index contributed by atoms with van der Waals surface area (Å²) in [5, 5.41) is 2.66. The topological polar surface area (TPSA) is 31.6 Å². The minimum Gasteiger partial charge on any atom is -0.456 e. The molecule has 0 radical (unpaired) electrons. The summed E-state index contributed by atoms with van der Waals surface area (Å²) in [6.07, 6.45) is 0.888. The smallest absolute Gasteiger partial charge is 0.456 e. The maximum Gasteiger partial charge on any atom is 0.494 e. The second-order valence-corrected chi connectivity index (χ2v) is 7.54. The van der Waals surface area contributed by atoms with Gasteiger partial charge in [-0.25, -0.2) is 0 Å². The van der Waals surface area contributed by atoms with Gasteiger partial charge in [0.1, 0.15) is 11.2 Å². The van der Waals surface area contributed by atoms with Crippen molar-refractivity contribution in [2.45, 2.75) is 45.3 Å². The van der Waals surface area contributed by atoms with E-state index in [1.165, 1.54) is 0 Å². The molecule has 4 rings (SSSR count). The Morgan fingerprint density at radius 1 is 1.04 bits per heavy atom. The Kier molecular flexibility index (Phi) is 3.50. The molecule has 0 N–H and O–H groups in total. The number of hydrogen-bond donors (Lipinski definition) is 0. The first-order valence-electron chi connectivity index (χ1n) is 8.31. The van der Waals surface area contributed by atoms with Gasteiger partial charge < -0.3 is 13.7 Å². The molecule has 3 aromatic rings. The van der Waals surface area contributed by atoms with Crippen molar-refractivity contribution in [3.63, 3.8) is 0 Å². The summed E-state index contributed by atoms with van der Waals surface area (Å²) in [6, 6.07) is 11.8. The fourth-order valence-corrected chi connectivity index (χ4v) is 3.65. The monoisotopic (exact) mass is 342 g/mol. The minimum absolute atomic E-state index is 0.316. The molecule has 24 heavy (non-hydrogen) atoms. The van der Waals surface area contributed by atoms with Crippen LogP contribution in [0.25, 0.3) is 21.9 Å². The maximum atomic E-state index is 6.33. The number of fused-ring (bicyclic) bond motifs is 3. The van der Waals surface area contributed by atoms with E-state index < -0.39 is 7.12 Å². The molecule has 1 aromatic heterocycles. The van der Waals surface area contributed by atoms with E-state index in [0.717, 1.165) is 33.8 Å². The molecule has 0 aliphatic carbocycles. The van der Waals surface area contributed by atoms with Crippen LogP contribution in [-0.4, -0.2) is 18.3 Å². The highest BCUT2D eigenvalue weighted by atomic mass is 35.5. The lowest BCUT2D eigenvalue weighted by Crippen LogP contribution is -2.44. The molecule has 0 bridgehead atoms. The third-order valence-corrected chi connectivity index (χ3v) is 5.77. The summed E-state index contributed by atoms with van der Waals surface area (Å²) < 4.78 is 18.4. The van der Waals surface area contributed by atoms with Crippen molar-refractivity contribution < 1.29 is 13.7 Å². The molecule has 124 valence electrons. The Morgan fingerprint density at radius 2 is 1.83 bits per heavy atom. The van der Waals surface area contributed by atoms with Crippen molar-refractivity contribution in [1.29, 1.82) is 0 Å². The SMILES string of the molecule is CCC1(C)OB(c2ccc3c(c2)oc2cccc(Cl)c23)OC1(C)C. The summed E-state index contributed by atoms with van der Waals surface area (Å²) in [5.41, 5.74) is 1.89. The van der Waals surface area contributed by atoms with E-state index in [0.29, 0.717) is 5.02 Å². The van der Waals surface area contributed by atoms with E-state index in [1.807, 2.05) is 36.4 Å². The van der Waals surface area contributed by atoms with E-state index in [1.54, 1.807) is 0 Å². The quantitative estimate of drug-likeness (QED) is 0.619. The Bertz CT molecular complexity index is 933. The molecular weight excluding hydrogens is 322 g/mol. The van der Waals surface area contributed by atoms with Crippen LogP contribution in [0.2, 0.25) is 5.02 Å². The van der Waals surface area contributed by atoms with Gasteiger partial charge in [0.2, 0.25) is 0 Å². The predicted octanol–water partition coefficient (Wildman–Crippen LogP) is 4.93. The molecule has 5 heteroatoms. The highest BCUT2D eigenvalue weighted by Crippen LogP contribution is 2.40. The van der Waals surface area contributed by atoms with Crippen molar-refractivity contribution in [1.82, 2.24) is 0 Å². The fraction of sp³-hybridized carbons (Fsp3) is 0.368. The van der Waals surface area contributed by atoms with Crippen LogP contribution < -0.4 is 5.46 Å². The molecule has 1 unspecified atom stereocenters. The van der Waals surface area contributed by atoms with Crippen LogP contribution >= 0.6 is 11.6 Å². The summed E-state index contributed by atoms with van der Waals surface area (Å²) in [7, 11) is -0.391. The summed E-state index contributed by atoms with van der Waals surface area (Å²) in [4.78, 5) is 0. The van der Waals surface area contributed by atoms with E-state index >= 15 is 0 Å². The summed E-state index contributed by atoms with van der Waals surface area (Å²) >= 11 is 6.33. The highest BCUT2D eigenvalue weighted by Gasteiger charge is 2.53. The molecule has 0 spiro atoms. The van der Waals surface area contributed by atoms with Gasteiger partial charge in [-0.05, 0) is 50.9 Å². The summed E-state index contributed by atoms with van der Waals surface area (Å²) in [5.74, 6) is 0. The van der Waals surface area contributed by atoms with Gasteiger partial charge in [0.05, 0.1) is 16.2 Å². The lowest BCUT2D eigenvalue weighted by Gasteiger charge is -2.35. The third-order valence-electron chi connectivity index (χ3n) is 5.46. The maximum absolute atomic E-state index is 6.33. The van der Waals surface area contributed by atoms with Gasteiger partial charge in [-0.15, -0.1) is 0 Å². The van der Waals surface area contributed by atoms with E-state index in [-0.39, 0.29) is 11.2 Å². The average Bonchev–Trinajstić information content (AvgIpc) is 3.03. The second kappa shape index (κ2) is 5.25. The molecule has 1 atom stereocenters. The molecule has 0 saturated carbocycles. The van der Waals surface area contributed by atoms with Crippen LogP contribution in [0.1, 0.15) is 34.1 Å². The van der Waals surface area contributed by atoms with Crippen LogP contribution in [0.4, 0.5) is 0 Å². The van der Waals surface area contributed by atoms with Gasteiger partial charge >= 0.3 is 7.12 Å². The van der Waals surface area contributed by atoms with E-state index in [4.69, 9.17) is 25.3 Å². The predicted molar refractivity (Wildman–Crippen MR) is 99.1 cm³/mol. The van der Waals surface area contributed by atoms with Crippen molar-refractivity contribution in [3.05, 3.63) is 41.4 Å². The Labute approximate surface area is 147 Å². The van der Waals surface area contributed by atoms with Crippen molar-refractivity contribution >= 4 is 46.1 Å². The van der Waals surface area contributed by atoms with Crippen molar-refractivity contribution in [3.8, 4) is 0 Å². The van der Waals surface area contributed by atoms with Gasteiger partial charge in [-0.2, -0.15) is 0 Å². The van der Waals surface area contributed by atoms with Gasteiger partial charge in [-0.3, -0.25) is 0 Å². The Hall–Kier alpha value is -1.49. The molecule has 1 saturated heterocycles. The van der Waals surface area contributed by atoms with E-state index in [9.17, 15) is 0 Å². The van der Waals surface area contributed by atoms with Crippen LogP contribution in [0, 0.1) is 0 Å². The normalized spacial score (nSPS) is 23.5. The molecule has 0 amide bonds. The minimum atomic E-state index is -0.391. The molecule has 3 nitrogen and oxygen atoms in total. The number of rotatable bonds is 2. The molecule has 1 aliphatic rings. The molecule has 1 fully saturated rings. The third kappa shape index (κ3) is 2.21. The van der Waals surface area contributed by atoms with Crippen LogP contribution in [0.15, 0.2) is 40.8 Å². The first-order valence-corrected chi connectivity index (χ1v) is 8.69. The van der Waals surface area contributed by atoms with Gasteiger partial charge in [0.15, 0.2) is 0 Å². The zero-order chi connectivity index (χ0) is 17.1. The van der Waals surface area contributed by atoms with Crippen molar-refractivity contribution in [2.24, 2.45) is 0 Å². The van der Waals surface area contributed by atoms with Crippen molar-refractivity contribution in [2.75, 3.05) is 0 Å². The molecule has 2 aromatic carbocycles. The van der Waals surface area contributed by atoms with Crippen LogP contribution in [0.3, 0.4) is 0 Å². The Morgan fingerprint density at radius 3 is 2.54 bits per heavy atom. The first-order chi connectivity index (χ1) is 11.3. The average molecular weight is 343 g/mol. The lowest BCUT2D eigenvalue weighted by molar-refractivity contribution is -0.0118. The lowest BCUT2D eigenvalue weighted by atomic mass is 9.79. The Balaban J connectivity index is 1.79. The first kappa shape index (κ1) is 16.0. The second-order valence-electron chi connectivity index (χ2n) is 7.13. The summed E-state index contributed by atoms with van der Waals surface area (Å²) in [6.45, 7) is 8.39. The number of benzene rings is 2. The molecule has 1 aliphatic heterocycles.